The first-order valence-corrected chi connectivity index (χ1v) is 14.7. The lowest BCUT2D eigenvalue weighted by atomic mass is 9.98. The van der Waals surface area contributed by atoms with Crippen LogP contribution in [0.3, 0.4) is 0 Å². The highest BCUT2D eigenvalue weighted by molar-refractivity contribution is 6.08. The predicted octanol–water partition coefficient (Wildman–Crippen LogP) is 6.37. The summed E-state index contributed by atoms with van der Waals surface area (Å²) in [5, 5.41) is 22.7. The molecule has 0 saturated carbocycles. The van der Waals surface area contributed by atoms with Crippen molar-refractivity contribution < 1.29 is 18.9 Å². The summed E-state index contributed by atoms with van der Waals surface area (Å²) in [6.45, 7) is 0.600. The molecule has 2 aliphatic rings. The normalized spacial score (nSPS) is 15.3. The molecule has 1 atom stereocenters. The van der Waals surface area contributed by atoms with Crippen molar-refractivity contribution in [1.29, 1.82) is 0 Å². The molecule has 1 aliphatic carbocycles. The molecule has 0 spiro atoms. The van der Waals surface area contributed by atoms with Crippen molar-refractivity contribution in [3.05, 3.63) is 135 Å². The Morgan fingerprint density at radius 3 is 2.62 bits per heavy atom. The molecule has 45 heavy (non-hydrogen) atoms. The number of nitro groups is 1. The zero-order valence-electron chi connectivity index (χ0n) is 24.0. The number of carbonyl (C=O) groups excluding carboxylic acids is 2. The van der Waals surface area contributed by atoms with Crippen LogP contribution in [0.1, 0.15) is 56.3 Å². The Morgan fingerprint density at radius 1 is 0.956 bits per heavy atom. The molecule has 2 amide bonds. The second kappa shape index (κ2) is 11.4. The first kappa shape index (κ1) is 28.1. The van der Waals surface area contributed by atoms with Gasteiger partial charge in [0.1, 0.15) is 11.5 Å². The van der Waals surface area contributed by atoms with E-state index in [0.717, 1.165) is 29.7 Å². The van der Waals surface area contributed by atoms with E-state index in [4.69, 9.17) is 0 Å². The number of fused-ring (bicyclic) bond motifs is 2. The Labute approximate surface area is 257 Å². The van der Waals surface area contributed by atoms with Crippen LogP contribution in [-0.4, -0.2) is 38.3 Å². The fourth-order valence-corrected chi connectivity index (χ4v) is 6.30. The third-order valence-corrected chi connectivity index (χ3v) is 8.47. The molecule has 11 heteroatoms. The molecule has 0 radical (unpaired) electrons. The van der Waals surface area contributed by atoms with E-state index in [-0.39, 0.29) is 39.7 Å². The first-order valence-electron chi connectivity index (χ1n) is 14.7. The molecule has 0 fully saturated rings. The summed E-state index contributed by atoms with van der Waals surface area (Å²) < 4.78 is 16.6. The highest BCUT2D eigenvalue weighted by Crippen LogP contribution is 2.39. The Balaban J connectivity index is 1.10. The lowest BCUT2D eigenvalue weighted by Gasteiger charge is -2.30. The summed E-state index contributed by atoms with van der Waals surface area (Å²) >= 11 is 0. The summed E-state index contributed by atoms with van der Waals surface area (Å²) in [7, 11) is 0. The van der Waals surface area contributed by atoms with Crippen LogP contribution < -0.4 is 10.2 Å². The average molecular weight is 603 g/mol. The fourth-order valence-electron chi connectivity index (χ4n) is 6.30. The molecular formula is C34H27FN6O4. The molecule has 0 bridgehead atoms. The predicted molar refractivity (Wildman–Crippen MR) is 166 cm³/mol. The number of aromatic nitrogens is 3. The van der Waals surface area contributed by atoms with Crippen molar-refractivity contribution in [1.82, 2.24) is 15.0 Å². The molecule has 4 aromatic carbocycles. The maximum atomic E-state index is 15.0. The van der Waals surface area contributed by atoms with Gasteiger partial charge in [0, 0.05) is 46.2 Å². The van der Waals surface area contributed by atoms with Gasteiger partial charge in [-0.3, -0.25) is 19.7 Å². The Hall–Kier alpha value is -5.71. The molecule has 1 N–H and O–H groups in total. The number of hydrogen-bond acceptors (Lipinski definition) is 6. The van der Waals surface area contributed by atoms with Crippen molar-refractivity contribution in [3.63, 3.8) is 0 Å². The molecule has 0 saturated heterocycles. The van der Waals surface area contributed by atoms with Gasteiger partial charge in [0.2, 0.25) is 0 Å². The van der Waals surface area contributed by atoms with Gasteiger partial charge in [0.15, 0.2) is 0 Å². The summed E-state index contributed by atoms with van der Waals surface area (Å²) in [5.74, 6) is -0.975. The van der Waals surface area contributed by atoms with Crippen LogP contribution in [-0.2, 0) is 12.8 Å². The second-order valence-corrected chi connectivity index (χ2v) is 11.2. The molecule has 2 heterocycles. The maximum absolute atomic E-state index is 15.0. The average Bonchev–Trinajstić information content (AvgIpc) is 3.72. The van der Waals surface area contributed by atoms with Crippen LogP contribution in [0.15, 0.2) is 91.1 Å². The molecular weight excluding hydrogens is 575 g/mol. The Morgan fingerprint density at radius 2 is 1.80 bits per heavy atom. The SMILES string of the molecule is O=C(Nc1ccc(F)c(-c2cn([C@@H]3CCc4c3cccc4[N+](=O)[O-])nn2)c1)c1ccc2c(c1)CCCN2C(=O)c1ccccc1. The minimum absolute atomic E-state index is 0.0806. The van der Waals surface area contributed by atoms with Gasteiger partial charge in [-0.2, -0.15) is 0 Å². The van der Waals surface area contributed by atoms with Crippen LogP contribution >= 0.6 is 0 Å². The number of anilines is 2. The number of rotatable bonds is 6. The van der Waals surface area contributed by atoms with Gasteiger partial charge in [-0.1, -0.05) is 35.5 Å². The van der Waals surface area contributed by atoms with Crippen LogP contribution in [0.4, 0.5) is 21.5 Å². The Bertz CT molecular complexity index is 1980. The van der Waals surface area contributed by atoms with Crippen molar-refractivity contribution in [2.75, 3.05) is 16.8 Å². The van der Waals surface area contributed by atoms with Crippen molar-refractivity contribution in [3.8, 4) is 11.3 Å². The van der Waals surface area contributed by atoms with E-state index < -0.39 is 5.82 Å². The fraction of sp³-hybridized carbons (Fsp3) is 0.176. The van der Waals surface area contributed by atoms with E-state index in [1.165, 1.54) is 24.3 Å². The van der Waals surface area contributed by atoms with Crippen LogP contribution in [0.2, 0.25) is 0 Å². The topological polar surface area (TPSA) is 123 Å². The summed E-state index contributed by atoms with van der Waals surface area (Å²) in [5.41, 5.74) is 5.12. The number of nitrogens with zero attached hydrogens (tertiary/aromatic N) is 5. The summed E-state index contributed by atoms with van der Waals surface area (Å²) in [4.78, 5) is 39.3. The van der Waals surface area contributed by atoms with Crippen LogP contribution in [0.25, 0.3) is 11.3 Å². The minimum Gasteiger partial charge on any atom is -0.322 e. The van der Waals surface area contributed by atoms with Gasteiger partial charge in [-0.25, -0.2) is 9.07 Å². The number of benzene rings is 4. The van der Waals surface area contributed by atoms with Gasteiger partial charge in [-0.05, 0) is 85.3 Å². The third-order valence-electron chi connectivity index (χ3n) is 8.47. The standard InChI is InChI=1S/C34H27FN6O4/c35-28-14-12-24(19-27(28)29-20-40(38-37-29)31-16-13-26-25(31)9-4-10-32(26)41(44)45)36-33(42)23-11-15-30-22(18-23)8-5-17-39(30)34(43)21-6-2-1-3-7-21/h1-4,6-7,9-12,14-15,18-20,31H,5,8,13,16-17H2,(H,36,42)/t31-/m1/s1. The van der Waals surface area contributed by atoms with Gasteiger partial charge in [0.05, 0.1) is 17.2 Å². The molecule has 5 aromatic rings. The van der Waals surface area contributed by atoms with E-state index in [0.29, 0.717) is 41.8 Å². The number of nitrogens with one attached hydrogen (secondary N) is 1. The zero-order valence-corrected chi connectivity index (χ0v) is 24.0. The van der Waals surface area contributed by atoms with E-state index in [9.17, 15) is 24.1 Å². The van der Waals surface area contributed by atoms with E-state index in [2.05, 4.69) is 15.6 Å². The number of carbonyl (C=O) groups is 2. The van der Waals surface area contributed by atoms with E-state index in [1.807, 2.05) is 24.3 Å². The van der Waals surface area contributed by atoms with Crippen molar-refractivity contribution in [2.24, 2.45) is 0 Å². The number of hydrogen-bond donors (Lipinski definition) is 1. The lowest BCUT2D eigenvalue weighted by Crippen LogP contribution is -2.35. The van der Waals surface area contributed by atoms with Crippen LogP contribution in [0, 0.1) is 15.9 Å². The van der Waals surface area contributed by atoms with Gasteiger partial charge in [0.25, 0.3) is 17.5 Å². The highest BCUT2D eigenvalue weighted by atomic mass is 19.1. The van der Waals surface area contributed by atoms with Crippen molar-refractivity contribution >= 4 is 28.9 Å². The lowest BCUT2D eigenvalue weighted by molar-refractivity contribution is -0.385. The molecule has 7 rings (SSSR count). The van der Waals surface area contributed by atoms with E-state index >= 15 is 0 Å². The first-order chi connectivity index (χ1) is 21.9. The van der Waals surface area contributed by atoms with Gasteiger partial charge in [-0.15, -0.1) is 5.10 Å². The zero-order chi connectivity index (χ0) is 31.1. The monoisotopic (exact) mass is 602 g/mol. The van der Waals surface area contributed by atoms with E-state index in [1.54, 1.807) is 52.2 Å². The smallest absolute Gasteiger partial charge is 0.272 e. The Kier molecular flexibility index (Phi) is 7.13. The summed E-state index contributed by atoms with van der Waals surface area (Å²) in [6.07, 6.45) is 4.29. The molecule has 0 unspecified atom stereocenters. The quantitative estimate of drug-likeness (QED) is 0.178. The largest absolute Gasteiger partial charge is 0.322 e. The molecule has 1 aromatic heterocycles. The molecule has 224 valence electrons. The number of halogens is 1. The number of nitro benzene ring substituents is 1. The molecule has 10 nitrogen and oxygen atoms in total. The maximum Gasteiger partial charge on any atom is 0.272 e. The number of amides is 2. The highest BCUT2D eigenvalue weighted by Gasteiger charge is 2.31. The second-order valence-electron chi connectivity index (χ2n) is 11.2. The van der Waals surface area contributed by atoms with Crippen molar-refractivity contribution in [2.45, 2.75) is 31.7 Å². The minimum atomic E-state index is -0.528. The third kappa shape index (κ3) is 5.22. The number of aryl methyl sites for hydroxylation is 1. The van der Waals surface area contributed by atoms with Gasteiger partial charge < -0.3 is 10.2 Å². The van der Waals surface area contributed by atoms with Crippen LogP contribution in [0.5, 0.6) is 0 Å². The molecule has 1 aliphatic heterocycles. The van der Waals surface area contributed by atoms with Gasteiger partial charge >= 0.3 is 0 Å². The summed E-state index contributed by atoms with van der Waals surface area (Å²) in [6, 6.07) is 23.4.